The third kappa shape index (κ3) is 3.91. The van der Waals surface area contributed by atoms with Crippen LogP contribution in [0.4, 0.5) is 0 Å². The SMILES string of the molecule is Cc1nc(S(=O)(=O)N2CCC(COc3cc4c(nn3)CCCC4)CC2)cn1C. The zero-order valence-corrected chi connectivity index (χ0v) is 17.3. The Bertz CT molecular complexity index is 929. The van der Waals surface area contributed by atoms with Gasteiger partial charge in [0.1, 0.15) is 5.82 Å². The van der Waals surface area contributed by atoms with Gasteiger partial charge < -0.3 is 9.30 Å². The Kier molecular flexibility index (Phi) is 5.37. The average molecular weight is 406 g/mol. The monoisotopic (exact) mass is 405 g/mol. The van der Waals surface area contributed by atoms with Crippen molar-refractivity contribution >= 4 is 10.0 Å². The van der Waals surface area contributed by atoms with Crippen LogP contribution in [0.3, 0.4) is 0 Å². The highest BCUT2D eigenvalue weighted by Gasteiger charge is 2.31. The Morgan fingerprint density at radius 3 is 2.64 bits per heavy atom. The van der Waals surface area contributed by atoms with Crippen molar-refractivity contribution < 1.29 is 13.2 Å². The van der Waals surface area contributed by atoms with Crippen LogP contribution in [-0.2, 0) is 29.9 Å². The molecule has 0 unspecified atom stereocenters. The number of aromatic nitrogens is 4. The second-order valence-corrected chi connectivity index (χ2v) is 9.64. The van der Waals surface area contributed by atoms with Crippen molar-refractivity contribution in [2.24, 2.45) is 13.0 Å². The van der Waals surface area contributed by atoms with E-state index in [0.717, 1.165) is 31.4 Å². The highest BCUT2D eigenvalue weighted by atomic mass is 32.2. The van der Waals surface area contributed by atoms with Crippen molar-refractivity contribution in [3.63, 3.8) is 0 Å². The van der Waals surface area contributed by atoms with Crippen molar-refractivity contribution in [1.29, 1.82) is 0 Å². The molecule has 8 nitrogen and oxygen atoms in total. The van der Waals surface area contributed by atoms with Gasteiger partial charge in [0.15, 0.2) is 5.03 Å². The lowest BCUT2D eigenvalue weighted by atomic mass is 9.97. The molecule has 1 aliphatic heterocycles. The summed E-state index contributed by atoms with van der Waals surface area (Å²) in [5, 5.41) is 8.62. The predicted molar refractivity (Wildman–Crippen MR) is 104 cm³/mol. The summed E-state index contributed by atoms with van der Waals surface area (Å²) in [6.45, 7) is 3.32. The van der Waals surface area contributed by atoms with Crippen LogP contribution in [0.1, 0.15) is 42.8 Å². The van der Waals surface area contributed by atoms with Crippen LogP contribution in [0.5, 0.6) is 5.88 Å². The Morgan fingerprint density at radius 2 is 1.93 bits per heavy atom. The summed E-state index contributed by atoms with van der Waals surface area (Å²) in [5.41, 5.74) is 2.35. The van der Waals surface area contributed by atoms with E-state index in [9.17, 15) is 8.42 Å². The van der Waals surface area contributed by atoms with Crippen molar-refractivity contribution in [2.45, 2.75) is 50.5 Å². The molecular weight excluding hydrogens is 378 g/mol. The first-order valence-corrected chi connectivity index (χ1v) is 11.4. The molecule has 0 amide bonds. The fraction of sp³-hybridized carbons (Fsp3) is 0.632. The Balaban J connectivity index is 1.32. The van der Waals surface area contributed by atoms with Gasteiger partial charge in [-0.3, -0.25) is 0 Å². The number of fused-ring (bicyclic) bond motifs is 1. The molecule has 0 atom stereocenters. The third-order valence-corrected chi connectivity index (χ3v) is 7.55. The second-order valence-electron chi connectivity index (χ2n) is 7.76. The van der Waals surface area contributed by atoms with Gasteiger partial charge in [0, 0.05) is 32.4 Å². The largest absolute Gasteiger partial charge is 0.476 e. The summed E-state index contributed by atoms with van der Waals surface area (Å²) < 4.78 is 34.7. The molecule has 1 fully saturated rings. The van der Waals surface area contributed by atoms with Gasteiger partial charge in [-0.25, -0.2) is 13.4 Å². The summed E-state index contributed by atoms with van der Waals surface area (Å²) in [4.78, 5) is 4.18. The Labute approximate surface area is 166 Å². The van der Waals surface area contributed by atoms with Gasteiger partial charge in [0.2, 0.25) is 5.88 Å². The molecule has 4 rings (SSSR count). The molecule has 2 aromatic rings. The lowest BCUT2D eigenvalue weighted by molar-refractivity contribution is 0.179. The van der Waals surface area contributed by atoms with E-state index in [4.69, 9.17) is 4.74 Å². The van der Waals surface area contributed by atoms with Crippen LogP contribution in [0, 0.1) is 12.8 Å². The number of piperidine rings is 1. The minimum absolute atomic E-state index is 0.131. The molecule has 9 heteroatoms. The smallest absolute Gasteiger partial charge is 0.262 e. The molecule has 152 valence electrons. The Hall–Kier alpha value is -2.00. The lowest BCUT2D eigenvalue weighted by Gasteiger charge is -2.30. The first kappa shape index (κ1) is 19.3. The molecule has 1 saturated heterocycles. The number of hydrogen-bond acceptors (Lipinski definition) is 6. The number of imidazole rings is 1. The van der Waals surface area contributed by atoms with Crippen LogP contribution in [0.2, 0.25) is 0 Å². The van der Waals surface area contributed by atoms with Crippen molar-refractivity contribution in [2.75, 3.05) is 19.7 Å². The van der Waals surface area contributed by atoms with Gasteiger partial charge in [-0.2, -0.15) is 9.40 Å². The first-order valence-electron chi connectivity index (χ1n) is 9.92. The number of rotatable bonds is 5. The van der Waals surface area contributed by atoms with E-state index in [2.05, 4.69) is 15.2 Å². The van der Waals surface area contributed by atoms with Crippen LogP contribution < -0.4 is 4.74 Å². The van der Waals surface area contributed by atoms with E-state index >= 15 is 0 Å². The average Bonchev–Trinajstić information content (AvgIpc) is 3.06. The van der Waals surface area contributed by atoms with Crippen molar-refractivity contribution in [3.05, 3.63) is 29.3 Å². The molecule has 0 N–H and O–H groups in total. The molecule has 3 heterocycles. The maximum atomic E-state index is 12.8. The van der Waals surface area contributed by atoms with Gasteiger partial charge in [-0.15, -0.1) is 5.10 Å². The number of nitrogens with zero attached hydrogens (tertiary/aromatic N) is 5. The predicted octanol–water partition coefficient (Wildman–Crippen LogP) is 1.88. The Morgan fingerprint density at radius 1 is 1.18 bits per heavy atom. The number of aryl methyl sites for hydroxylation is 4. The molecule has 0 bridgehead atoms. The highest BCUT2D eigenvalue weighted by Crippen LogP contribution is 2.25. The summed E-state index contributed by atoms with van der Waals surface area (Å²) in [5.74, 6) is 1.59. The van der Waals surface area contributed by atoms with E-state index in [1.807, 2.05) is 6.07 Å². The fourth-order valence-electron chi connectivity index (χ4n) is 3.84. The second kappa shape index (κ2) is 7.79. The zero-order valence-electron chi connectivity index (χ0n) is 16.5. The quantitative estimate of drug-likeness (QED) is 0.754. The first-order chi connectivity index (χ1) is 13.4. The summed E-state index contributed by atoms with van der Waals surface area (Å²) in [6.07, 6.45) is 7.54. The van der Waals surface area contributed by atoms with Crippen LogP contribution in [0.15, 0.2) is 17.3 Å². The van der Waals surface area contributed by atoms with Crippen LogP contribution in [0.25, 0.3) is 0 Å². The molecule has 2 aromatic heterocycles. The number of ether oxygens (including phenoxy) is 1. The molecule has 0 aromatic carbocycles. The van der Waals surface area contributed by atoms with Crippen LogP contribution >= 0.6 is 0 Å². The van der Waals surface area contributed by atoms with Gasteiger partial charge in [0.05, 0.1) is 12.3 Å². The maximum absolute atomic E-state index is 12.8. The van der Waals surface area contributed by atoms with Gasteiger partial charge in [0.25, 0.3) is 10.0 Å². The summed E-state index contributed by atoms with van der Waals surface area (Å²) in [7, 11) is -1.73. The highest BCUT2D eigenvalue weighted by molar-refractivity contribution is 7.89. The fourth-order valence-corrected chi connectivity index (χ4v) is 5.34. The number of sulfonamides is 1. The molecule has 1 aliphatic carbocycles. The normalized spacial score (nSPS) is 18.8. The minimum atomic E-state index is -3.53. The molecule has 0 spiro atoms. The third-order valence-electron chi connectivity index (χ3n) is 5.78. The topological polar surface area (TPSA) is 90.2 Å². The molecule has 0 saturated carbocycles. The maximum Gasteiger partial charge on any atom is 0.262 e. The van der Waals surface area contributed by atoms with Crippen molar-refractivity contribution in [3.8, 4) is 5.88 Å². The molecular formula is C19H27N5O3S. The van der Waals surface area contributed by atoms with E-state index in [-0.39, 0.29) is 5.03 Å². The van der Waals surface area contributed by atoms with E-state index in [1.165, 1.54) is 22.7 Å². The standard InChI is InChI=1S/C19H27N5O3S/c1-14-20-19(12-23(14)2)28(25,26)24-9-7-15(8-10-24)13-27-18-11-16-5-3-4-6-17(16)21-22-18/h11-12,15H,3-10,13H2,1-2H3. The summed E-state index contributed by atoms with van der Waals surface area (Å²) >= 11 is 0. The van der Waals surface area contributed by atoms with E-state index < -0.39 is 10.0 Å². The van der Waals surface area contributed by atoms with Gasteiger partial charge >= 0.3 is 0 Å². The van der Waals surface area contributed by atoms with E-state index in [0.29, 0.717) is 37.3 Å². The molecule has 0 radical (unpaired) electrons. The zero-order chi connectivity index (χ0) is 19.7. The van der Waals surface area contributed by atoms with Crippen molar-refractivity contribution in [1.82, 2.24) is 24.1 Å². The minimum Gasteiger partial charge on any atom is -0.476 e. The van der Waals surface area contributed by atoms with Crippen LogP contribution in [-0.4, -0.2) is 52.2 Å². The lowest BCUT2D eigenvalue weighted by Crippen LogP contribution is -2.39. The van der Waals surface area contributed by atoms with Gasteiger partial charge in [-0.05, 0) is 56.9 Å². The van der Waals surface area contributed by atoms with Gasteiger partial charge in [-0.1, -0.05) is 0 Å². The molecule has 28 heavy (non-hydrogen) atoms. The number of hydrogen-bond donors (Lipinski definition) is 0. The summed E-state index contributed by atoms with van der Waals surface area (Å²) in [6, 6.07) is 2.02. The van der Waals surface area contributed by atoms with E-state index in [1.54, 1.807) is 24.7 Å². The molecule has 2 aliphatic rings.